The summed E-state index contributed by atoms with van der Waals surface area (Å²) >= 11 is 0. The third kappa shape index (κ3) is 4.30. The first-order valence-electron chi connectivity index (χ1n) is 8.26. The molecule has 1 fully saturated rings. The van der Waals surface area contributed by atoms with Gasteiger partial charge in [0.2, 0.25) is 0 Å². The van der Waals surface area contributed by atoms with Gasteiger partial charge in [-0.25, -0.2) is 0 Å². The summed E-state index contributed by atoms with van der Waals surface area (Å²) in [5.41, 5.74) is 0.870. The molecule has 0 saturated carbocycles. The van der Waals surface area contributed by atoms with Gasteiger partial charge in [-0.2, -0.15) is 0 Å². The van der Waals surface area contributed by atoms with Gasteiger partial charge in [0.25, 0.3) is 11.6 Å². The maximum atomic E-state index is 12.4. The summed E-state index contributed by atoms with van der Waals surface area (Å²) in [5, 5.41) is 17.4. The largest absolute Gasteiger partial charge is 0.384 e. The van der Waals surface area contributed by atoms with E-state index in [1.165, 1.54) is 6.07 Å². The molecular weight excluding hydrogens is 310 g/mol. The van der Waals surface area contributed by atoms with Gasteiger partial charge in [0.15, 0.2) is 0 Å². The van der Waals surface area contributed by atoms with E-state index in [0.717, 1.165) is 25.9 Å². The van der Waals surface area contributed by atoms with Crippen molar-refractivity contribution in [1.82, 2.24) is 10.6 Å². The van der Waals surface area contributed by atoms with E-state index < -0.39 is 4.92 Å². The van der Waals surface area contributed by atoms with E-state index in [0.29, 0.717) is 30.7 Å². The van der Waals surface area contributed by atoms with Crippen molar-refractivity contribution in [1.29, 1.82) is 0 Å². The van der Waals surface area contributed by atoms with Crippen molar-refractivity contribution in [3.63, 3.8) is 0 Å². The summed E-state index contributed by atoms with van der Waals surface area (Å²) in [4.78, 5) is 23.1. The van der Waals surface area contributed by atoms with E-state index in [9.17, 15) is 14.9 Å². The SMILES string of the molecule is CCc1ccc(C(=O)NCC2(COC)CCNCC2)cc1[N+](=O)[O-]. The average Bonchev–Trinajstić information content (AvgIpc) is 2.60. The smallest absolute Gasteiger partial charge is 0.273 e. The number of nitrogens with zero attached hydrogens (tertiary/aromatic N) is 1. The summed E-state index contributed by atoms with van der Waals surface area (Å²) in [6.07, 6.45) is 2.41. The molecule has 0 aliphatic carbocycles. The van der Waals surface area contributed by atoms with Crippen molar-refractivity contribution < 1.29 is 14.5 Å². The van der Waals surface area contributed by atoms with Crippen molar-refractivity contribution in [3.05, 3.63) is 39.4 Å². The number of carbonyl (C=O) groups excluding carboxylic acids is 1. The highest BCUT2D eigenvalue weighted by Crippen LogP contribution is 2.28. The molecule has 2 rings (SSSR count). The normalized spacial score (nSPS) is 16.6. The predicted octanol–water partition coefficient (Wildman–Crippen LogP) is 1.90. The fourth-order valence-corrected chi connectivity index (χ4v) is 3.18. The van der Waals surface area contributed by atoms with Crippen molar-refractivity contribution in [3.8, 4) is 0 Å². The van der Waals surface area contributed by atoms with Crippen LogP contribution in [0.25, 0.3) is 0 Å². The molecule has 2 N–H and O–H groups in total. The highest BCUT2D eigenvalue weighted by molar-refractivity contribution is 5.95. The molecule has 7 heteroatoms. The van der Waals surface area contributed by atoms with Crippen LogP contribution in [0.3, 0.4) is 0 Å². The number of piperidine rings is 1. The average molecular weight is 335 g/mol. The first-order valence-corrected chi connectivity index (χ1v) is 8.26. The highest BCUT2D eigenvalue weighted by Gasteiger charge is 2.32. The van der Waals surface area contributed by atoms with Crippen LogP contribution in [0.2, 0.25) is 0 Å². The monoisotopic (exact) mass is 335 g/mol. The third-order valence-corrected chi connectivity index (χ3v) is 4.66. The minimum Gasteiger partial charge on any atom is -0.384 e. The van der Waals surface area contributed by atoms with Crippen molar-refractivity contribution in [2.75, 3.05) is 33.4 Å². The number of hydrogen-bond acceptors (Lipinski definition) is 5. The number of nitrogens with one attached hydrogen (secondary N) is 2. The van der Waals surface area contributed by atoms with E-state index in [1.807, 2.05) is 6.92 Å². The van der Waals surface area contributed by atoms with E-state index in [-0.39, 0.29) is 17.0 Å². The van der Waals surface area contributed by atoms with Gasteiger partial charge in [-0.1, -0.05) is 13.0 Å². The molecule has 0 spiro atoms. The van der Waals surface area contributed by atoms with Crippen LogP contribution in [0, 0.1) is 15.5 Å². The van der Waals surface area contributed by atoms with Gasteiger partial charge in [0.1, 0.15) is 0 Å². The van der Waals surface area contributed by atoms with Crippen molar-refractivity contribution >= 4 is 11.6 Å². The topological polar surface area (TPSA) is 93.5 Å². The van der Waals surface area contributed by atoms with Crippen molar-refractivity contribution in [2.45, 2.75) is 26.2 Å². The van der Waals surface area contributed by atoms with Crippen LogP contribution in [0.15, 0.2) is 18.2 Å². The minimum atomic E-state index is -0.436. The highest BCUT2D eigenvalue weighted by atomic mass is 16.6. The number of aryl methyl sites for hydroxylation is 1. The molecule has 1 amide bonds. The van der Waals surface area contributed by atoms with Crippen LogP contribution < -0.4 is 10.6 Å². The molecule has 0 unspecified atom stereocenters. The molecule has 0 radical (unpaired) electrons. The molecule has 132 valence electrons. The Kier molecular flexibility index (Phi) is 6.28. The number of hydrogen-bond donors (Lipinski definition) is 2. The predicted molar refractivity (Wildman–Crippen MR) is 91.2 cm³/mol. The van der Waals surface area contributed by atoms with Crippen LogP contribution in [0.4, 0.5) is 5.69 Å². The number of rotatable bonds is 7. The summed E-state index contributed by atoms with van der Waals surface area (Å²) in [7, 11) is 1.67. The number of carbonyl (C=O) groups is 1. The fourth-order valence-electron chi connectivity index (χ4n) is 3.18. The zero-order valence-electron chi connectivity index (χ0n) is 14.3. The summed E-state index contributed by atoms with van der Waals surface area (Å²) in [6.45, 7) is 4.74. The lowest BCUT2D eigenvalue weighted by Gasteiger charge is -2.37. The van der Waals surface area contributed by atoms with Gasteiger partial charge in [0, 0.05) is 36.3 Å². The number of methoxy groups -OCH3 is 1. The number of ether oxygens (including phenoxy) is 1. The number of benzene rings is 1. The molecule has 1 aromatic carbocycles. The Morgan fingerprint density at radius 1 is 1.42 bits per heavy atom. The van der Waals surface area contributed by atoms with E-state index in [2.05, 4.69) is 10.6 Å². The fraction of sp³-hybridized carbons (Fsp3) is 0.588. The van der Waals surface area contributed by atoms with Crippen LogP contribution in [0.1, 0.15) is 35.7 Å². The van der Waals surface area contributed by atoms with Gasteiger partial charge < -0.3 is 15.4 Å². The molecule has 0 aromatic heterocycles. The van der Waals surface area contributed by atoms with Gasteiger partial charge in [-0.05, 0) is 38.4 Å². The van der Waals surface area contributed by atoms with Gasteiger partial charge >= 0.3 is 0 Å². The molecule has 0 bridgehead atoms. The molecule has 1 aliphatic rings. The molecule has 1 saturated heterocycles. The second-order valence-corrected chi connectivity index (χ2v) is 6.32. The second kappa shape index (κ2) is 8.21. The first kappa shape index (κ1) is 18.4. The Bertz CT molecular complexity index is 592. The van der Waals surface area contributed by atoms with Gasteiger partial charge in [-0.15, -0.1) is 0 Å². The standard InChI is InChI=1S/C17H25N3O4/c1-3-13-4-5-14(10-15(13)20(22)23)16(21)19-11-17(12-24-2)6-8-18-9-7-17/h4-5,10,18H,3,6-9,11-12H2,1-2H3,(H,19,21). The third-order valence-electron chi connectivity index (χ3n) is 4.66. The van der Waals surface area contributed by atoms with Crippen LogP contribution >= 0.6 is 0 Å². The quantitative estimate of drug-likeness (QED) is 0.586. The maximum Gasteiger partial charge on any atom is 0.273 e. The Morgan fingerprint density at radius 3 is 2.71 bits per heavy atom. The Morgan fingerprint density at radius 2 is 2.12 bits per heavy atom. The van der Waals surface area contributed by atoms with E-state index in [1.54, 1.807) is 19.2 Å². The lowest BCUT2D eigenvalue weighted by Crippen LogP contribution is -2.47. The van der Waals surface area contributed by atoms with E-state index >= 15 is 0 Å². The molecule has 7 nitrogen and oxygen atoms in total. The van der Waals surface area contributed by atoms with E-state index in [4.69, 9.17) is 4.74 Å². The lowest BCUT2D eigenvalue weighted by atomic mass is 9.79. The molecule has 1 aliphatic heterocycles. The molecule has 1 heterocycles. The maximum absolute atomic E-state index is 12.4. The van der Waals surface area contributed by atoms with Crippen LogP contribution in [-0.2, 0) is 11.2 Å². The molecule has 0 atom stereocenters. The molecular formula is C17H25N3O4. The van der Waals surface area contributed by atoms with Crippen molar-refractivity contribution in [2.24, 2.45) is 5.41 Å². The number of nitro groups is 1. The Hall–Kier alpha value is -1.99. The Labute approximate surface area is 141 Å². The summed E-state index contributed by atoms with van der Waals surface area (Å²) in [5.74, 6) is -0.283. The zero-order valence-corrected chi connectivity index (χ0v) is 14.3. The van der Waals surface area contributed by atoms with Gasteiger partial charge in [-0.3, -0.25) is 14.9 Å². The van der Waals surface area contributed by atoms with Crippen LogP contribution in [-0.4, -0.2) is 44.2 Å². The molecule has 1 aromatic rings. The minimum absolute atomic E-state index is 0.00128. The summed E-state index contributed by atoms with van der Waals surface area (Å²) < 4.78 is 5.34. The first-order chi connectivity index (χ1) is 11.5. The Balaban J connectivity index is 2.08. The second-order valence-electron chi connectivity index (χ2n) is 6.32. The van der Waals surface area contributed by atoms with Crippen LogP contribution in [0.5, 0.6) is 0 Å². The van der Waals surface area contributed by atoms with Gasteiger partial charge in [0.05, 0.1) is 11.5 Å². The molecule has 24 heavy (non-hydrogen) atoms. The summed E-state index contributed by atoms with van der Waals surface area (Å²) in [6, 6.07) is 4.66. The number of nitro benzene ring substituents is 1. The lowest BCUT2D eigenvalue weighted by molar-refractivity contribution is -0.385. The zero-order chi connectivity index (χ0) is 17.6. The number of amides is 1.